The fraction of sp³-hybridized carbons (Fsp3) is 0.818. The van der Waals surface area contributed by atoms with Crippen LogP contribution in [0.3, 0.4) is 0 Å². The number of amidine groups is 1. The van der Waals surface area contributed by atoms with Crippen LogP contribution in [0.25, 0.3) is 0 Å². The molecule has 0 amide bonds. The summed E-state index contributed by atoms with van der Waals surface area (Å²) in [5, 5.41) is 2.29. The second kappa shape index (κ2) is 6.37. The van der Waals surface area contributed by atoms with Crippen molar-refractivity contribution in [3.63, 3.8) is 0 Å². The van der Waals surface area contributed by atoms with Crippen LogP contribution in [-0.2, 0) is 14.8 Å². The first-order valence-electron chi connectivity index (χ1n) is 7.05. The minimum Gasteiger partial charge on any atom is -0.455 e. The first kappa shape index (κ1) is 18.7. The number of hydrogen-bond acceptors (Lipinski definition) is 8. The third kappa shape index (κ3) is 4.70. The van der Waals surface area contributed by atoms with E-state index in [0.29, 0.717) is 12.8 Å². The average molecular weight is 372 g/mol. The minimum atomic E-state index is -4.54. The lowest BCUT2D eigenvalue weighted by molar-refractivity contribution is -0.156. The minimum absolute atomic E-state index is 0.213. The van der Waals surface area contributed by atoms with Gasteiger partial charge in [0.1, 0.15) is 0 Å². The summed E-state index contributed by atoms with van der Waals surface area (Å²) in [7, 11) is -3.31. The number of aliphatic imine (C=N–C) groups is 2. The van der Waals surface area contributed by atoms with Gasteiger partial charge >= 0.3 is 6.18 Å². The van der Waals surface area contributed by atoms with E-state index >= 15 is 0 Å². The molecule has 1 atom stereocenters. The molecule has 0 saturated carbocycles. The molecule has 0 aromatic rings. The molecular weight excluding hydrogens is 353 g/mol. The Bertz CT molecular complexity index is 642. The van der Waals surface area contributed by atoms with Crippen molar-refractivity contribution in [2.75, 3.05) is 26.0 Å². The maximum atomic E-state index is 12.2. The highest BCUT2D eigenvalue weighted by atomic mass is 32.2. The Hall–Kier alpha value is -1.60. The van der Waals surface area contributed by atoms with E-state index in [2.05, 4.69) is 20.0 Å². The van der Waals surface area contributed by atoms with Crippen molar-refractivity contribution in [1.82, 2.24) is 9.62 Å². The number of hydrogen-bond donors (Lipinski definition) is 3. The van der Waals surface area contributed by atoms with Crippen molar-refractivity contribution in [2.45, 2.75) is 24.8 Å². The zero-order valence-corrected chi connectivity index (χ0v) is 13.7. The standard InChI is InChI=1S/C11H19F3N6O3S/c1-24(21,22)20-4-2-7(3-5-20)11(16)18-8(15)17-9(19-11)23-6-10(12,13)14/h7H,2-6,16H2,1H3,(H3,15,17,18,19). The summed E-state index contributed by atoms with van der Waals surface area (Å²) in [5.41, 5.74) is 11.6. The number of nitrogens with zero attached hydrogens (tertiary/aromatic N) is 3. The second-order valence-electron chi connectivity index (χ2n) is 5.66. The number of halogens is 3. The van der Waals surface area contributed by atoms with E-state index in [4.69, 9.17) is 11.5 Å². The van der Waals surface area contributed by atoms with Crippen LogP contribution in [0.4, 0.5) is 13.2 Å². The highest BCUT2D eigenvalue weighted by Crippen LogP contribution is 2.31. The summed E-state index contributed by atoms with van der Waals surface area (Å²) in [6.07, 6.45) is -2.74. The van der Waals surface area contributed by atoms with Crippen LogP contribution in [0.2, 0.25) is 0 Å². The molecule has 0 aromatic carbocycles. The maximum Gasteiger partial charge on any atom is 0.422 e. The predicted octanol–water partition coefficient (Wildman–Crippen LogP) is -0.877. The molecule has 2 aliphatic rings. The van der Waals surface area contributed by atoms with Crippen LogP contribution < -0.4 is 16.8 Å². The molecule has 2 rings (SSSR count). The van der Waals surface area contributed by atoms with E-state index in [1.54, 1.807) is 0 Å². The molecular formula is C11H19F3N6O3S. The fourth-order valence-electron chi connectivity index (χ4n) is 2.56. The van der Waals surface area contributed by atoms with Gasteiger partial charge in [0.05, 0.1) is 6.26 Å². The number of ether oxygens (including phenoxy) is 1. The normalized spacial score (nSPS) is 27.2. The van der Waals surface area contributed by atoms with Gasteiger partial charge in [-0.05, 0) is 12.8 Å². The SMILES string of the molecule is CS(=O)(=O)N1CCC(C2(N)N=C(N)NC(OCC(F)(F)F)=N2)CC1. The molecule has 0 aromatic heterocycles. The monoisotopic (exact) mass is 372 g/mol. The Labute approximate surface area is 137 Å². The van der Waals surface area contributed by atoms with Crippen LogP contribution in [-0.4, -0.2) is 62.6 Å². The Morgan fingerprint density at radius 3 is 2.46 bits per heavy atom. The van der Waals surface area contributed by atoms with Gasteiger partial charge in [-0.3, -0.25) is 11.1 Å². The van der Waals surface area contributed by atoms with Gasteiger partial charge in [-0.15, -0.1) is 0 Å². The van der Waals surface area contributed by atoms with Crippen molar-refractivity contribution >= 4 is 22.0 Å². The molecule has 0 bridgehead atoms. The van der Waals surface area contributed by atoms with Crippen molar-refractivity contribution in [3.05, 3.63) is 0 Å². The molecule has 1 saturated heterocycles. The number of sulfonamides is 1. The Morgan fingerprint density at radius 1 is 1.38 bits per heavy atom. The molecule has 138 valence electrons. The highest BCUT2D eigenvalue weighted by molar-refractivity contribution is 7.88. The Balaban J connectivity index is 2.09. The third-order valence-corrected chi connectivity index (χ3v) is 5.01. The number of nitrogens with one attached hydrogen (secondary N) is 1. The van der Waals surface area contributed by atoms with Crippen LogP contribution in [0.1, 0.15) is 12.8 Å². The van der Waals surface area contributed by atoms with Crippen LogP contribution in [0.15, 0.2) is 9.98 Å². The molecule has 13 heteroatoms. The fourth-order valence-corrected chi connectivity index (χ4v) is 3.43. The predicted molar refractivity (Wildman–Crippen MR) is 80.3 cm³/mol. The van der Waals surface area contributed by atoms with Gasteiger partial charge in [0, 0.05) is 19.0 Å². The van der Waals surface area contributed by atoms with Gasteiger partial charge in [0.15, 0.2) is 12.6 Å². The van der Waals surface area contributed by atoms with E-state index < -0.39 is 34.6 Å². The highest BCUT2D eigenvalue weighted by Gasteiger charge is 2.41. The zero-order chi connectivity index (χ0) is 18.2. The molecule has 0 spiro atoms. The quantitative estimate of drug-likeness (QED) is 0.589. The molecule has 5 N–H and O–H groups in total. The lowest BCUT2D eigenvalue weighted by Crippen LogP contribution is -2.56. The van der Waals surface area contributed by atoms with Gasteiger partial charge in [-0.25, -0.2) is 17.7 Å². The van der Waals surface area contributed by atoms with E-state index in [9.17, 15) is 21.6 Å². The molecule has 1 unspecified atom stereocenters. The summed E-state index contributed by atoms with van der Waals surface area (Å²) < 4.78 is 65.6. The molecule has 2 aliphatic heterocycles. The van der Waals surface area contributed by atoms with Gasteiger partial charge in [0.25, 0.3) is 6.02 Å². The lowest BCUT2D eigenvalue weighted by Gasteiger charge is -2.38. The first-order chi connectivity index (χ1) is 10.9. The maximum absolute atomic E-state index is 12.2. The molecule has 24 heavy (non-hydrogen) atoms. The molecule has 9 nitrogen and oxygen atoms in total. The molecule has 2 heterocycles. The van der Waals surface area contributed by atoms with Crippen LogP contribution >= 0.6 is 0 Å². The summed E-state index contributed by atoms with van der Waals surface area (Å²) >= 11 is 0. The van der Waals surface area contributed by atoms with E-state index in [-0.39, 0.29) is 25.0 Å². The third-order valence-electron chi connectivity index (χ3n) is 3.71. The topological polar surface area (TPSA) is 135 Å². The molecule has 0 aliphatic carbocycles. The van der Waals surface area contributed by atoms with E-state index in [0.717, 1.165) is 6.26 Å². The van der Waals surface area contributed by atoms with Crippen molar-refractivity contribution in [3.8, 4) is 0 Å². The number of rotatable bonds is 3. The summed E-state index contributed by atoms with van der Waals surface area (Å²) in [5.74, 6) is -2.20. The Kier molecular flexibility index (Phi) is 4.97. The van der Waals surface area contributed by atoms with E-state index in [1.807, 2.05) is 0 Å². The van der Waals surface area contributed by atoms with Gasteiger partial charge < -0.3 is 10.5 Å². The van der Waals surface area contributed by atoms with Gasteiger partial charge in [0.2, 0.25) is 15.8 Å². The lowest BCUT2D eigenvalue weighted by atomic mass is 9.91. The Morgan fingerprint density at radius 2 is 1.96 bits per heavy atom. The summed E-state index contributed by atoms with van der Waals surface area (Å²) in [6.45, 7) is -1.10. The summed E-state index contributed by atoms with van der Waals surface area (Å²) in [4.78, 5) is 7.87. The average Bonchev–Trinajstić information content (AvgIpc) is 2.43. The first-order valence-corrected chi connectivity index (χ1v) is 8.90. The molecule has 0 radical (unpaired) electrons. The number of nitrogens with two attached hydrogens (primary N) is 2. The smallest absolute Gasteiger partial charge is 0.422 e. The number of alkyl halides is 3. The number of guanidine groups is 1. The van der Waals surface area contributed by atoms with Crippen molar-refractivity contribution in [2.24, 2.45) is 27.4 Å². The van der Waals surface area contributed by atoms with Gasteiger partial charge in [-0.2, -0.15) is 18.2 Å². The van der Waals surface area contributed by atoms with Crippen molar-refractivity contribution in [1.29, 1.82) is 0 Å². The second-order valence-corrected chi connectivity index (χ2v) is 7.64. The van der Waals surface area contributed by atoms with Crippen LogP contribution in [0.5, 0.6) is 0 Å². The zero-order valence-electron chi connectivity index (χ0n) is 12.9. The van der Waals surface area contributed by atoms with Crippen molar-refractivity contribution < 1.29 is 26.3 Å². The summed E-state index contributed by atoms with van der Waals surface area (Å²) in [6, 6.07) is -0.465. The molecule has 1 fully saturated rings. The van der Waals surface area contributed by atoms with E-state index in [1.165, 1.54) is 4.31 Å². The largest absolute Gasteiger partial charge is 0.455 e. The van der Waals surface area contributed by atoms with Crippen LogP contribution in [0, 0.1) is 5.92 Å². The number of piperidine rings is 1. The van der Waals surface area contributed by atoms with Gasteiger partial charge in [-0.1, -0.05) is 0 Å².